The van der Waals surface area contributed by atoms with Gasteiger partial charge in [-0.1, -0.05) is 18.2 Å². The van der Waals surface area contributed by atoms with Crippen molar-refractivity contribution in [3.8, 4) is 5.69 Å². The van der Waals surface area contributed by atoms with Gasteiger partial charge in [-0.3, -0.25) is 0 Å². The molecule has 1 atom stereocenters. The highest BCUT2D eigenvalue weighted by molar-refractivity contribution is 5.30. The minimum Gasteiger partial charge on any atom is -0.395 e. The van der Waals surface area contributed by atoms with Gasteiger partial charge in [-0.15, -0.1) is 0 Å². The van der Waals surface area contributed by atoms with E-state index in [0.29, 0.717) is 6.42 Å². The second-order valence-corrected chi connectivity index (χ2v) is 3.78. The molecular weight excluding hydrogens is 202 g/mol. The molecule has 0 aliphatic carbocycles. The smallest absolute Gasteiger partial charge is 0.0645 e. The van der Waals surface area contributed by atoms with E-state index < -0.39 is 0 Å². The zero-order valence-electron chi connectivity index (χ0n) is 8.95. The molecule has 0 aliphatic rings. The van der Waals surface area contributed by atoms with Crippen LogP contribution in [0.4, 0.5) is 0 Å². The van der Waals surface area contributed by atoms with Crippen molar-refractivity contribution >= 4 is 0 Å². The molecule has 0 spiro atoms. The molecule has 84 valence electrons. The van der Waals surface area contributed by atoms with Gasteiger partial charge in [0.1, 0.15) is 0 Å². The van der Waals surface area contributed by atoms with Gasteiger partial charge in [0, 0.05) is 12.2 Å². The normalized spacial score (nSPS) is 12.6. The summed E-state index contributed by atoms with van der Waals surface area (Å²) in [6.07, 6.45) is 4.36. The molecular formula is C12H15N3O. The van der Waals surface area contributed by atoms with Crippen LogP contribution in [0.15, 0.2) is 42.7 Å². The molecule has 2 rings (SSSR count). The maximum absolute atomic E-state index is 8.87. The quantitative estimate of drug-likeness (QED) is 0.793. The van der Waals surface area contributed by atoms with Crippen molar-refractivity contribution < 1.29 is 5.11 Å². The first kappa shape index (κ1) is 10.9. The molecule has 0 aliphatic heterocycles. The van der Waals surface area contributed by atoms with Crippen molar-refractivity contribution in [2.45, 2.75) is 12.5 Å². The summed E-state index contributed by atoms with van der Waals surface area (Å²) in [6.45, 7) is -0.00346. The van der Waals surface area contributed by atoms with Crippen molar-refractivity contribution in [1.29, 1.82) is 0 Å². The van der Waals surface area contributed by atoms with E-state index in [0.717, 1.165) is 11.3 Å². The number of aliphatic hydroxyl groups excluding tert-OH is 1. The third-order valence-corrected chi connectivity index (χ3v) is 2.39. The van der Waals surface area contributed by atoms with E-state index in [1.165, 1.54) is 0 Å². The molecule has 1 unspecified atom stereocenters. The Morgan fingerprint density at radius 2 is 2.06 bits per heavy atom. The maximum atomic E-state index is 8.87. The summed E-state index contributed by atoms with van der Waals surface area (Å²) in [4.78, 5) is 0. The van der Waals surface area contributed by atoms with E-state index in [9.17, 15) is 0 Å². The number of benzene rings is 1. The fourth-order valence-electron chi connectivity index (χ4n) is 1.55. The zero-order chi connectivity index (χ0) is 11.4. The van der Waals surface area contributed by atoms with Crippen LogP contribution in [0.1, 0.15) is 5.56 Å². The number of rotatable bonds is 4. The van der Waals surface area contributed by atoms with Crippen LogP contribution in [0.2, 0.25) is 0 Å². The van der Waals surface area contributed by atoms with Crippen LogP contribution in [-0.2, 0) is 6.42 Å². The second kappa shape index (κ2) is 4.92. The van der Waals surface area contributed by atoms with E-state index in [4.69, 9.17) is 10.8 Å². The molecule has 0 bridgehead atoms. The predicted octanol–water partition coefficient (Wildman–Crippen LogP) is 0.734. The van der Waals surface area contributed by atoms with Gasteiger partial charge in [-0.2, -0.15) is 5.10 Å². The number of hydrogen-bond acceptors (Lipinski definition) is 3. The first-order chi connectivity index (χ1) is 7.79. The Hall–Kier alpha value is -1.65. The van der Waals surface area contributed by atoms with Crippen molar-refractivity contribution in [3.63, 3.8) is 0 Å². The van der Waals surface area contributed by atoms with Gasteiger partial charge in [-0.05, 0) is 24.1 Å². The number of aliphatic hydroxyl groups is 1. The fraction of sp³-hybridized carbons (Fsp3) is 0.250. The summed E-state index contributed by atoms with van der Waals surface area (Å²) in [6, 6.07) is 9.67. The van der Waals surface area contributed by atoms with Crippen LogP contribution in [0.3, 0.4) is 0 Å². The monoisotopic (exact) mass is 217 g/mol. The molecule has 16 heavy (non-hydrogen) atoms. The van der Waals surface area contributed by atoms with Crippen molar-refractivity contribution in [3.05, 3.63) is 48.3 Å². The average molecular weight is 217 g/mol. The predicted molar refractivity (Wildman–Crippen MR) is 62.3 cm³/mol. The molecule has 0 saturated carbocycles. The fourth-order valence-corrected chi connectivity index (χ4v) is 1.55. The Bertz CT molecular complexity index is 439. The Balaban J connectivity index is 2.14. The van der Waals surface area contributed by atoms with Crippen molar-refractivity contribution in [2.24, 2.45) is 5.73 Å². The Kier molecular flexibility index (Phi) is 3.34. The van der Waals surface area contributed by atoms with Gasteiger partial charge >= 0.3 is 0 Å². The first-order valence-corrected chi connectivity index (χ1v) is 5.25. The first-order valence-electron chi connectivity index (χ1n) is 5.25. The van der Waals surface area contributed by atoms with Crippen LogP contribution in [-0.4, -0.2) is 27.5 Å². The standard InChI is InChI=1S/C12H15N3O/c13-11(9-16)6-10-7-14-15(8-10)12-4-2-1-3-5-12/h1-5,7-8,11,16H,6,9,13H2. The minimum atomic E-state index is -0.214. The van der Waals surface area contributed by atoms with Crippen LogP contribution in [0.25, 0.3) is 5.69 Å². The summed E-state index contributed by atoms with van der Waals surface area (Å²) in [5.74, 6) is 0. The molecule has 4 nitrogen and oxygen atoms in total. The lowest BCUT2D eigenvalue weighted by molar-refractivity contribution is 0.265. The molecule has 4 heteroatoms. The van der Waals surface area contributed by atoms with Crippen molar-refractivity contribution in [1.82, 2.24) is 9.78 Å². The number of para-hydroxylation sites is 1. The van der Waals surface area contributed by atoms with Gasteiger partial charge in [0.2, 0.25) is 0 Å². The van der Waals surface area contributed by atoms with E-state index in [1.54, 1.807) is 10.9 Å². The SMILES string of the molecule is NC(CO)Cc1cnn(-c2ccccc2)c1. The average Bonchev–Trinajstić information content (AvgIpc) is 2.78. The van der Waals surface area contributed by atoms with Crippen LogP contribution in [0, 0.1) is 0 Å². The third-order valence-electron chi connectivity index (χ3n) is 2.39. The van der Waals surface area contributed by atoms with Gasteiger partial charge in [-0.25, -0.2) is 4.68 Å². The maximum Gasteiger partial charge on any atom is 0.0645 e. The second-order valence-electron chi connectivity index (χ2n) is 3.78. The molecule has 0 radical (unpaired) electrons. The molecule has 0 saturated heterocycles. The molecule has 1 aromatic heterocycles. The highest BCUT2D eigenvalue weighted by Crippen LogP contribution is 2.08. The highest BCUT2D eigenvalue weighted by atomic mass is 16.3. The lowest BCUT2D eigenvalue weighted by atomic mass is 10.1. The third kappa shape index (κ3) is 2.48. The molecule has 1 heterocycles. The van der Waals surface area contributed by atoms with Gasteiger partial charge in [0.15, 0.2) is 0 Å². The summed E-state index contributed by atoms with van der Waals surface area (Å²) in [5, 5.41) is 13.1. The van der Waals surface area contributed by atoms with Crippen LogP contribution >= 0.6 is 0 Å². The Morgan fingerprint density at radius 1 is 1.31 bits per heavy atom. The van der Waals surface area contributed by atoms with E-state index in [-0.39, 0.29) is 12.6 Å². The molecule has 2 aromatic rings. The van der Waals surface area contributed by atoms with Gasteiger partial charge < -0.3 is 10.8 Å². The number of hydrogen-bond donors (Lipinski definition) is 2. The lowest BCUT2D eigenvalue weighted by Gasteiger charge is -2.04. The van der Waals surface area contributed by atoms with Crippen molar-refractivity contribution in [2.75, 3.05) is 6.61 Å². The topological polar surface area (TPSA) is 64.1 Å². The van der Waals surface area contributed by atoms with Crippen LogP contribution < -0.4 is 5.73 Å². The summed E-state index contributed by atoms with van der Waals surface area (Å²) in [5.41, 5.74) is 7.72. The Morgan fingerprint density at radius 3 is 2.75 bits per heavy atom. The Labute approximate surface area is 94.3 Å². The largest absolute Gasteiger partial charge is 0.395 e. The summed E-state index contributed by atoms with van der Waals surface area (Å²) in [7, 11) is 0. The van der Waals surface area contributed by atoms with Gasteiger partial charge in [0.25, 0.3) is 0 Å². The van der Waals surface area contributed by atoms with E-state index >= 15 is 0 Å². The van der Waals surface area contributed by atoms with E-state index in [1.807, 2.05) is 36.5 Å². The summed E-state index contributed by atoms with van der Waals surface area (Å²) >= 11 is 0. The van der Waals surface area contributed by atoms with Gasteiger partial charge in [0.05, 0.1) is 18.5 Å². The molecule has 1 aromatic carbocycles. The van der Waals surface area contributed by atoms with E-state index in [2.05, 4.69) is 5.10 Å². The highest BCUT2D eigenvalue weighted by Gasteiger charge is 2.05. The lowest BCUT2D eigenvalue weighted by Crippen LogP contribution is -2.26. The van der Waals surface area contributed by atoms with Crippen LogP contribution in [0.5, 0.6) is 0 Å². The number of nitrogens with zero attached hydrogens (tertiary/aromatic N) is 2. The minimum absolute atomic E-state index is 0.00346. The summed E-state index contributed by atoms with van der Waals surface area (Å²) < 4.78 is 1.80. The molecule has 0 amide bonds. The number of aromatic nitrogens is 2. The molecule has 0 fully saturated rings. The molecule has 3 N–H and O–H groups in total. The zero-order valence-corrected chi connectivity index (χ0v) is 8.95. The number of nitrogens with two attached hydrogens (primary N) is 1.